The van der Waals surface area contributed by atoms with Gasteiger partial charge in [0.15, 0.2) is 17.4 Å². The molecule has 0 bridgehead atoms. The molecule has 5 N–H and O–H groups in total. The van der Waals surface area contributed by atoms with E-state index in [9.17, 15) is 19.8 Å². The van der Waals surface area contributed by atoms with Gasteiger partial charge in [-0.1, -0.05) is 55.4 Å². The number of amides is 2. The van der Waals surface area contributed by atoms with Crippen LogP contribution in [0.3, 0.4) is 0 Å². The molecule has 4 aliphatic heterocycles. The zero-order valence-electron chi connectivity index (χ0n) is 45.7. The van der Waals surface area contributed by atoms with Crippen molar-refractivity contribution in [2.24, 2.45) is 11.8 Å². The van der Waals surface area contributed by atoms with Gasteiger partial charge in [0.05, 0.1) is 51.8 Å². The predicted molar refractivity (Wildman–Crippen MR) is 304 cm³/mol. The van der Waals surface area contributed by atoms with Crippen LogP contribution in [0.4, 0.5) is 23.0 Å². The number of aliphatic hydroxyl groups excluding tert-OH is 1. The molecule has 6 aromatic rings. The fourth-order valence-corrected chi connectivity index (χ4v) is 12.9. The first kappa shape index (κ1) is 54.1. The third-order valence-corrected chi connectivity index (χ3v) is 17.8. The van der Waals surface area contributed by atoms with Crippen LogP contribution in [0.1, 0.15) is 94.7 Å². The summed E-state index contributed by atoms with van der Waals surface area (Å²) in [4.78, 5) is 49.2. The molecule has 79 heavy (non-hydrogen) atoms. The van der Waals surface area contributed by atoms with E-state index in [-0.39, 0.29) is 60.8 Å². The Hall–Kier alpha value is -6.87. The summed E-state index contributed by atoms with van der Waals surface area (Å²) in [5.74, 6) is 1.66. The number of aliphatic hydroxyl groups is 1. The van der Waals surface area contributed by atoms with E-state index in [0.29, 0.717) is 34.6 Å². The molecule has 19 nitrogen and oxygen atoms in total. The minimum atomic E-state index is -0.803. The number of piperazine rings is 1. The van der Waals surface area contributed by atoms with Crippen molar-refractivity contribution in [3.8, 4) is 33.3 Å². The number of aryl methyl sites for hydroxylation is 1. The van der Waals surface area contributed by atoms with Gasteiger partial charge in [0.2, 0.25) is 17.7 Å². The number of thiazole rings is 1. The highest BCUT2D eigenvalue weighted by Gasteiger charge is 2.44. The number of nitrogens with one attached hydrogen (secondary N) is 1. The van der Waals surface area contributed by atoms with E-state index in [0.717, 1.165) is 136 Å². The highest BCUT2D eigenvalue weighted by molar-refractivity contribution is 7.13. The first-order valence-electron chi connectivity index (χ1n) is 28.2. The number of rotatable bonds is 17. The second-order valence-electron chi connectivity index (χ2n) is 22.6. The van der Waals surface area contributed by atoms with Crippen molar-refractivity contribution in [1.29, 1.82) is 0 Å². The number of pyridine rings is 1. The number of hydrogen-bond donors (Lipinski definition) is 4. The summed E-state index contributed by atoms with van der Waals surface area (Å²) in [6.45, 7) is 15.9. The van der Waals surface area contributed by atoms with Crippen LogP contribution in [0, 0.1) is 18.8 Å². The molecular weight excluding hydrogens is 1020 g/mol. The van der Waals surface area contributed by atoms with Crippen molar-refractivity contribution in [2.75, 3.05) is 85.9 Å². The SMILES string of the molecule is Cc1ncsc1-c1ccc([C@H](C)NC(=O)[C@@H]2C[C@@H](O)CN2C(=O)[C@@H](c2cc(N3CCC(CN4CCC(OC5CC(Oc6cc(N7CCN(c8cc(-c9ccccc9O)nnc8N)CC7)ccn6)C5)CC4)CC3)no2)C(C)C)cc1. The van der Waals surface area contributed by atoms with Gasteiger partial charge in [-0.25, -0.2) is 9.97 Å². The van der Waals surface area contributed by atoms with Crippen LogP contribution in [0.25, 0.3) is 21.7 Å². The largest absolute Gasteiger partial charge is 0.507 e. The smallest absolute Gasteiger partial charge is 0.243 e. The number of aromatic nitrogens is 5. The van der Waals surface area contributed by atoms with E-state index in [1.165, 1.54) is 4.90 Å². The average Bonchev–Trinajstić information content (AvgIpc) is 4.31. The van der Waals surface area contributed by atoms with Gasteiger partial charge < -0.3 is 59.8 Å². The maximum Gasteiger partial charge on any atom is 0.243 e. The Morgan fingerprint density at radius 1 is 0.835 bits per heavy atom. The number of aromatic hydroxyl groups is 1. The van der Waals surface area contributed by atoms with E-state index in [1.54, 1.807) is 23.5 Å². The first-order valence-corrected chi connectivity index (χ1v) is 29.1. The summed E-state index contributed by atoms with van der Waals surface area (Å²) < 4.78 is 18.9. The molecule has 4 atom stereocenters. The molecule has 4 aromatic heterocycles. The summed E-state index contributed by atoms with van der Waals surface area (Å²) in [6, 6.07) is 22.0. The highest BCUT2D eigenvalue weighted by Crippen LogP contribution is 2.37. The Balaban J connectivity index is 0.589. The topological polar surface area (TPSA) is 225 Å². The monoisotopic (exact) mass is 1090 g/mol. The fourth-order valence-electron chi connectivity index (χ4n) is 12.1. The summed E-state index contributed by atoms with van der Waals surface area (Å²) in [7, 11) is 0. The molecule has 0 unspecified atom stereocenters. The molecule has 20 heteroatoms. The number of nitrogens with zero attached hydrogens (tertiary/aromatic N) is 10. The lowest BCUT2D eigenvalue weighted by Crippen LogP contribution is -2.48. The molecule has 5 aliphatic rings. The van der Waals surface area contributed by atoms with Crippen LogP contribution in [-0.4, -0.2) is 153 Å². The lowest BCUT2D eigenvalue weighted by atomic mass is 9.91. The number of carbonyl (C=O) groups is 2. The normalized spacial score (nSPS) is 22.3. The molecule has 11 rings (SSSR count). The maximum absolute atomic E-state index is 14.4. The fraction of sp³-hybridized carbons (Fsp3) is 0.508. The third kappa shape index (κ3) is 12.3. The number of carbonyl (C=O) groups excluding carboxylic acids is 2. The molecule has 4 saturated heterocycles. The molecule has 418 valence electrons. The van der Waals surface area contributed by atoms with Crippen molar-refractivity contribution >= 4 is 46.2 Å². The second kappa shape index (κ2) is 23.8. The van der Waals surface area contributed by atoms with Gasteiger partial charge in [-0.05, 0) is 86.8 Å². The van der Waals surface area contributed by atoms with Crippen LogP contribution in [0.15, 0.2) is 89.0 Å². The summed E-state index contributed by atoms with van der Waals surface area (Å²) in [5.41, 5.74) is 14.2. The second-order valence-corrected chi connectivity index (χ2v) is 23.4. The van der Waals surface area contributed by atoms with Crippen molar-refractivity contribution in [3.05, 3.63) is 102 Å². The summed E-state index contributed by atoms with van der Waals surface area (Å²) >= 11 is 1.60. The van der Waals surface area contributed by atoms with Gasteiger partial charge in [-0.2, -0.15) is 0 Å². The first-order chi connectivity index (χ1) is 38.3. The number of ether oxygens (including phenoxy) is 2. The number of nitrogens with two attached hydrogens (primary N) is 1. The number of hydrogen-bond acceptors (Lipinski definition) is 18. The number of nitrogen functional groups attached to an aromatic ring is 1. The quantitative estimate of drug-likeness (QED) is 0.0695. The predicted octanol–water partition coefficient (Wildman–Crippen LogP) is 7.46. The number of anilines is 4. The van der Waals surface area contributed by atoms with Gasteiger partial charge in [-0.3, -0.25) is 9.59 Å². The molecule has 2 aromatic carbocycles. The number of phenols is 1. The Morgan fingerprint density at radius 3 is 2.30 bits per heavy atom. The van der Waals surface area contributed by atoms with Crippen LogP contribution >= 0.6 is 11.3 Å². The average molecular weight is 1100 g/mol. The number of likely N-dealkylation sites (tertiary alicyclic amines) is 2. The standard InChI is InChI=1S/C59H74N12O7S/c1-36(2)55(59(75)71-34-43(72)28-50(71)58(74)63-37(3)40-9-11-41(12-10-40)56-38(4)62-35-79-56)52-32-53(66-78-52)70-21-14-39(15-22-70)33-67-19-16-44(17-20-67)76-45-29-46(30-45)77-54-27-42(13-18-61-54)68-23-25-69(26-24-68)49-31-48(64-65-57(49)60)47-7-5-6-8-51(47)73/h5-13,18,27,31-32,35-37,39,43-46,50,55,72-73H,14-17,19-26,28-30,33-34H2,1-4H3,(H2,60,65)(H,63,74)/t37-,43+,45?,46?,50-,55+/m0/s1. The van der Waals surface area contributed by atoms with Crippen molar-refractivity contribution in [2.45, 2.75) is 115 Å². The molecular formula is C59H74N12O7S. The maximum atomic E-state index is 14.4. The number of β-amino-alcohol motifs (C(OH)–C–C–N with tert-alkyl or cyclic N) is 1. The molecule has 1 aliphatic carbocycles. The van der Waals surface area contributed by atoms with Gasteiger partial charge in [0.1, 0.15) is 23.8 Å². The van der Waals surface area contributed by atoms with Gasteiger partial charge in [0.25, 0.3) is 0 Å². The van der Waals surface area contributed by atoms with E-state index < -0.39 is 18.1 Å². The number of phenolic OH excluding ortho intramolecular Hbond substituents is 1. The molecule has 1 saturated carbocycles. The molecule has 8 heterocycles. The molecule has 2 amide bonds. The number of piperidine rings is 2. The minimum Gasteiger partial charge on any atom is -0.507 e. The van der Waals surface area contributed by atoms with Gasteiger partial charge in [-0.15, -0.1) is 21.5 Å². The van der Waals surface area contributed by atoms with E-state index >= 15 is 0 Å². The van der Waals surface area contributed by atoms with E-state index in [2.05, 4.69) is 50.2 Å². The number of benzene rings is 2. The van der Waals surface area contributed by atoms with E-state index in [1.807, 2.05) is 100 Å². The highest BCUT2D eigenvalue weighted by atomic mass is 32.1. The zero-order chi connectivity index (χ0) is 54.7. The lowest BCUT2D eigenvalue weighted by molar-refractivity contribution is -0.141. The van der Waals surface area contributed by atoms with Crippen LogP contribution in [-0.2, 0) is 14.3 Å². The van der Waals surface area contributed by atoms with Crippen LogP contribution in [0.2, 0.25) is 0 Å². The van der Waals surface area contributed by atoms with Crippen molar-refractivity contribution in [3.63, 3.8) is 0 Å². The Morgan fingerprint density at radius 2 is 1.58 bits per heavy atom. The Kier molecular flexibility index (Phi) is 16.3. The zero-order valence-corrected chi connectivity index (χ0v) is 46.5. The Bertz CT molecular complexity index is 3040. The summed E-state index contributed by atoms with van der Waals surface area (Å²) in [6.07, 6.45) is 7.62. The number of para-hydroxylation sites is 1. The molecule has 5 fully saturated rings. The molecule has 0 radical (unpaired) electrons. The lowest BCUT2D eigenvalue weighted by Gasteiger charge is -2.41. The summed E-state index contributed by atoms with van der Waals surface area (Å²) in [5, 5.41) is 37.2. The van der Waals surface area contributed by atoms with Crippen LogP contribution < -0.4 is 30.5 Å². The van der Waals surface area contributed by atoms with Gasteiger partial charge in [0, 0.05) is 114 Å². The Labute approximate surface area is 466 Å². The minimum absolute atomic E-state index is 0.0840. The van der Waals surface area contributed by atoms with E-state index in [4.69, 9.17) is 19.7 Å². The van der Waals surface area contributed by atoms with Gasteiger partial charge >= 0.3 is 0 Å². The molecule has 0 spiro atoms. The van der Waals surface area contributed by atoms with Crippen LogP contribution in [0.5, 0.6) is 11.6 Å². The van der Waals surface area contributed by atoms with Crippen molar-refractivity contribution < 1.29 is 33.8 Å². The van der Waals surface area contributed by atoms with Crippen molar-refractivity contribution in [1.82, 2.24) is 40.4 Å². The third-order valence-electron chi connectivity index (χ3n) is 16.8.